The summed E-state index contributed by atoms with van der Waals surface area (Å²) in [6.45, 7) is 1.82. The van der Waals surface area contributed by atoms with Crippen molar-refractivity contribution in [2.45, 2.75) is 6.42 Å². The third kappa shape index (κ3) is 2.64. The molecule has 0 aromatic heterocycles. The van der Waals surface area contributed by atoms with Gasteiger partial charge in [0.15, 0.2) is 0 Å². The second-order valence-corrected chi connectivity index (χ2v) is 4.12. The Hall–Kier alpha value is -0.840. The summed E-state index contributed by atoms with van der Waals surface area (Å²) in [4.78, 5) is 5.18. The van der Waals surface area contributed by atoms with E-state index in [0.717, 1.165) is 25.2 Å². The van der Waals surface area contributed by atoms with Gasteiger partial charge in [-0.15, -0.1) is 0 Å². The molecule has 1 aliphatic heterocycles. The first-order chi connectivity index (χ1) is 7.83. The van der Waals surface area contributed by atoms with Crippen molar-refractivity contribution in [3.8, 4) is 0 Å². The highest BCUT2D eigenvalue weighted by molar-refractivity contribution is 9.10. The summed E-state index contributed by atoms with van der Waals surface area (Å²) in [5.74, 6) is 0. The molecular weight excluding hydrogens is 268 g/mol. The van der Waals surface area contributed by atoms with Crippen LogP contribution in [0, 0.1) is 0 Å². The zero-order chi connectivity index (χ0) is 11.4. The smallest absolute Gasteiger partial charge is 0.0575 e. The van der Waals surface area contributed by atoms with Crippen molar-refractivity contribution in [1.29, 1.82) is 0 Å². The van der Waals surface area contributed by atoms with Crippen molar-refractivity contribution in [2.24, 2.45) is 0 Å². The number of benzene rings is 1. The van der Waals surface area contributed by atoms with E-state index in [1.807, 2.05) is 5.06 Å². The Kier molecular flexibility index (Phi) is 3.98. The normalized spacial score (nSPS) is 17.0. The molecule has 1 aliphatic rings. The topological polar surface area (TPSA) is 24.5 Å². The fourth-order valence-corrected chi connectivity index (χ4v) is 2.09. The Morgan fingerprint density at radius 3 is 2.56 bits per heavy atom. The number of halogens is 1. The molecule has 0 fully saturated rings. The molecule has 0 spiro atoms. The molecule has 0 amide bonds. The quantitative estimate of drug-likeness (QED) is 0.863. The molecule has 3 nitrogen and oxygen atoms in total. The third-order valence-corrected chi connectivity index (χ3v) is 3.25. The van der Waals surface area contributed by atoms with Gasteiger partial charge < -0.3 is 9.18 Å². The number of hydrogen-bond donors (Lipinski definition) is 1. The Morgan fingerprint density at radius 1 is 1.31 bits per heavy atom. The molecule has 0 atom stereocenters. The minimum Gasteiger partial charge on any atom is -0.322 e. The molecule has 1 aromatic carbocycles. The summed E-state index contributed by atoms with van der Waals surface area (Å²) in [5.41, 5.74) is 3.76. The van der Waals surface area contributed by atoms with Crippen LogP contribution in [0.2, 0.25) is 0 Å². The van der Waals surface area contributed by atoms with E-state index in [1.165, 1.54) is 11.1 Å². The van der Waals surface area contributed by atoms with Gasteiger partial charge in [0.1, 0.15) is 0 Å². The summed E-state index contributed by atoms with van der Waals surface area (Å²) < 4.78 is 2.94. The lowest BCUT2D eigenvalue weighted by Crippen LogP contribution is -2.27. The second kappa shape index (κ2) is 5.48. The summed E-state index contributed by atoms with van der Waals surface area (Å²) in [6, 6.07) is 8.40. The van der Waals surface area contributed by atoms with Crippen LogP contribution in [0.4, 0.5) is 5.69 Å². The first-order valence-corrected chi connectivity index (χ1v) is 6.08. The lowest BCUT2D eigenvalue weighted by Gasteiger charge is -2.24. The Balaban J connectivity index is 2.10. The monoisotopic (exact) mass is 282 g/mol. The van der Waals surface area contributed by atoms with Gasteiger partial charge in [-0.25, -0.2) is 0 Å². The molecular formula is C12H15BrN2O. The molecule has 1 aromatic rings. The molecule has 0 saturated carbocycles. The number of hydroxylamine groups is 2. The average Bonchev–Trinajstić information content (AvgIpc) is 2.39. The number of hydrogen-bond acceptors (Lipinski definition) is 3. The summed E-state index contributed by atoms with van der Waals surface area (Å²) in [5, 5.41) is 1.96. The van der Waals surface area contributed by atoms with E-state index in [4.69, 9.17) is 4.84 Å². The number of nitrogens with zero attached hydrogens (tertiary/aromatic N) is 1. The molecule has 4 heteroatoms. The molecule has 0 bridgehead atoms. The number of rotatable bonds is 3. The van der Waals surface area contributed by atoms with Crippen LogP contribution in [-0.4, -0.2) is 25.3 Å². The van der Waals surface area contributed by atoms with Crippen LogP contribution in [0.15, 0.2) is 30.3 Å². The molecule has 0 aliphatic carbocycles. The van der Waals surface area contributed by atoms with Crippen LogP contribution in [0.3, 0.4) is 0 Å². The molecule has 1 heterocycles. The fourth-order valence-electron chi connectivity index (χ4n) is 1.83. The van der Waals surface area contributed by atoms with E-state index in [0.29, 0.717) is 0 Å². The van der Waals surface area contributed by atoms with Gasteiger partial charge in [0.05, 0.1) is 7.11 Å². The molecule has 16 heavy (non-hydrogen) atoms. The minimum atomic E-state index is 0.865. The van der Waals surface area contributed by atoms with Crippen LogP contribution in [0.5, 0.6) is 0 Å². The first-order valence-electron chi connectivity index (χ1n) is 5.28. The van der Waals surface area contributed by atoms with Gasteiger partial charge >= 0.3 is 0 Å². The van der Waals surface area contributed by atoms with Crippen molar-refractivity contribution >= 4 is 27.4 Å². The lowest BCUT2D eigenvalue weighted by atomic mass is 10.00. The fraction of sp³-hybridized carbons (Fsp3) is 0.333. The summed E-state index contributed by atoms with van der Waals surface area (Å²) in [7, 11) is 1.72. The van der Waals surface area contributed by atoms with Crippen LogP contribution in [0.1, 0.15) is 12.0 Å². The van der Waals surface area contributed by atoms with Crippen LogP contribution >= 0.6 is 16.1 Å². The Labute approximate surface area is 104 Å². The molecule has 1 N–H and O–H groups in total. The van der Waals surface area contributed by atoms with Crippen LogP contribution in [-0.2, 0) is 4.84 Å². The lowest BCUT2D eigenvalue weighted by molar-refractivity contribution is -0.122. The van der Waals surface area contributed by atoms with Crippen molar-refractivity contribution < 1.29 is 4.84 Å². The van der Waals surface area contributed by atoms with E-state index in [-0.39, 0.29) is 0 Å². The van der Waals surface area contributed by atoms with Gasteiger partial charge in [-0.05, 0) is 29.7 Å². The van der Waals surface area contributed by atoms with Gasteiger partial charge in [0.25, 0.3) is 0 Å². The predicted octanol–water partition coefficient (Wildman–Crippen LogP) is 3.06. The average molecular weight is 283 g/mol. The number of anilines is 1. The van der Waals surface area contributed by atoms with Gasteiger partial charge in [0.2, 0.25) is 0 Å². The highest BCUT2D eigenvalue weighted by Gasteiger charge is 2.11. The Bertz CT molecular complexity index is 375. The van der Waals surface area contributed by atoms with Crippen molar-refractivity contribution in [2.75, 3.05) is 24.5 Å². The van der Waals surface area contributed by atoms with Gasteiger partial charge in [0, 0.05) is 34.9 Å². The summed E-state index contributed by atoms with van der Waals surface area (Å²) >= 11 is 3.21. The third-order valence-electron chi connectivity index (χ3n) is 2.79. The van der Waals surface area contributed by atoms with Gasteiger partial charge in [-0.3, -0.25) is 0 Å². The van der Waals surface area contributed by atoms with E-state index in [2.05, 4.69) is 50.8 Å². The SMILES string of the molecule is CON1CC=C(c2ccc(NBr)cc2)CC1. The molecule has 86 valence electrons. The Morgan fingerprint density at radius 2 is 2.06 bits per heavy atom. The van der Waals surface area contributed by atoms with Gasteiger partial charge in [-0.2, -0.15) is 5.06 Å². The maximum atomic E-state index is 5.18. The van der Waals surface area contributed by atoms with Gasteiger partial charge in [-0.1, -0.05) is 18.2 Å². The van der Waals surface area contributed by atoms with Crippen LogP contribution < -0.4 is 4.34 Å². The summed E-state index contributed by atoms with van der Waals surface area (Å²) in [6.07, 6.45) is 3.26. The van der Waals surface area contributed by atoms with Crippen LogP contribution in [0.25, 0.3) is 5.57 Å². The molecule has 0 unspecified atom stereocenters. The molecule has 2 rings (SSSR count). The minimum absolute atomic E-state index is 0.865. The van der Waals surface area contributed by atoms with E-state index in [1.54, 1.807) is 7.11 Å². The van der Waals surface area contributed by atoms with Crippen molar-refractivity contribution in [3.63, 3.8) is 0 Å². The number of nitrogens with one attached hydrogen (secondary N) is 1. The largest absolute Gasteiger partial charge is 0.322 e. The first kappa shape index (κ1) is 11.6. The maximum absolute atomic E-state index is 5.18. The highest BCUT2D eigenvalue weighted by atomic mass is 79.9. The highest BCUT2D eigenvalue weighted by Crippen LogP contribution is 2.23. The van der Waals surface area contributed by atoms with E-state index in [9.17, 15) is 0 Å². The molecule has 0 radical (unpaired) electrons. The standard InChI is InChI=1S/C12H15BrN2O/c1-16-15-8-6-11(7-9-15)10-2-4-12(14-13)5-3-10/h2-6,14H,7-9H2,1H3. The van der Waals surface area contributed by atoms with Crippen molar-refractivity contribution in [3.05, 3.63) is 35.9 Å². The van der Waals surface area contributed by atoms with E-state index < -0.39 is 0 Å². The zero-order valence-electron chi connectivity index (χ0n) is 9.24. The maximum Gasteiger partial charge on any atom is 0.0575 e. The zero-order valence-corrected chi connectivity index (χ0v) is 10.8. The molecule has 0 saturated heterocycles. The second-order valence-electron chi connectivity index (χ2n) is 3.72. The van der Waals surface area contributed by atoms with E-state index >= 15 is 0 Å². The predicted molar refractivity (Wildman–Crippen MR) is 70.2 cm³/mol. The van der Waals surface area contributed by atoms with Crippen molar-refractivity contribution in [1.82, 2.24) is 5.06 Å².